The number of H-pyrrole nitrogens is 1. The van der Waals surface area contributed by atoms with Crippen molar-refractivity contribution >= 4 is 10.0 Å². The fourth-order valence-corrected chi connectivity index (χ4v) is 4.25. The smallest absolute Gasteiger partial charge is 0.260 e. The molecule has 2 fully saturated rings. The Hall–Kier alpha value is -0.960. The Balaban J connectivity index is 1.75. The molecule has 1 atom stereocenters. The number of hydrogen-bond acceptors (Lipinski definition) is 5. The molecule has 1 saturated carbocycles. The third-order valence-corrected chi connectivity index (χ3v) is 5.99. The lowest BCUT2D eigenvalue weighted by atomic mass is 10.1. The second kappa shape index (κ2) is 6.04. The first-order chi connectivity index (χ1) is 10.1. The summed E-state index contributed by atoms with van der Waals surface area (Å²) in [4.78, 5) is 0. The molecule has 1 saturated heterocycles. The maximum Gasteiger partial charge on any atom is 0.260 e. The lowest BCUT2D eigenvalue weighted by molar-refractivity contribution is 0.0571. The van der Waals surface area contributed by atoms with Gasteiger partial charge in [-0.3, -0.25) is 5.10 Å². The average Bonchev–Trinajstić information content (AvgIpc) is 3.20. The zero-order valence-electron chi connectivity index (χ0n) is 12.2. The van der Waals surface area contributed by atoms with Crippen molar-refractivity contribution in [3.8, 4) is 0 Å². The van der Waals surface area contributed by atoms with E-state index in [9.17, 15) is 8.42 Å². The molecule has 2 aliphatic rings. The predicted octanol–water partition coefficient (Wildman–Crippen LogP) is 0.461. The van der Waals surface area contributed by atoms with Crippen LogP contribution < -0.4 is 5.32 Å². The van der Waals surface area contributed by atoms with Gasteiger partial charge in [-0.2, -0.15) is 9.40 Å². The highest BCUT2D eigenvalue weighted by atomic mass is 32.2. The second-order valence-corrected chi connectivity index (χ2v) is 7.62. The van der Waals surface area contributed by atoms with E-state index in [1.54, 1.807) is 13.3 Å². The predicted molar refractivity (Wildman–Crippen MR) is 77.2 cm³/mol. The third-order valence-electron chi connectivity index (χ3n) is 4.11. The van der Waals surface area contributed by atoms with Gasteiger partial charge < -0.3 is 10.1 Å². The lowest BCUT2D eigenvalue weighted by Crippen LogP contribution is -2.43. The Morgan fingerprint density at radius 3 is 3.00 bits per heavy atom. The van der Waals surface area contributed by atoms with Crippen molar-refractivity contribution in [3.63, 3.8) is 0 Å². The van der Waals surface area contributed by atoms with Crippen LogP contribution in [-0.2, 0) is 21.3 Å². The van der Waals surface area contributed by atoms with E-state index in [4.69, 9.17) is 4.74 Å². The van der Waals surface area contributed by atoms with Crippen LogP contribution in [0.4, 0.5) is 0 Å². The van der Waals surface area contributed by atoms with Gasteiger partial charge in [0.1, 0.15) is 0 Å². The number of nitrogens with zero attached hydrogens (tertiary/aromatic N) is 2. The van der Waals surface area contributed by atoms with Crippen molar-refractivity contribution in [2.45, 2.75) is 49.4 Å². The van der Waals surface area contributed by atoms with Crippen LogP contribution in [0.15, 0.2) is 11.2 Å². The minimum Gasteiger partial charge on any atom is -0.380 e. The highest BCUT2D eigenvalue weighted by molar-refractivity contribution is 7.89. The van der Waals surface area contributed by atoms with Crippen molar-refractivity contribution in [2.24, 2.45) is 0 Å². The molecule has 2 heterocycles. The molecule has 3 rings (SSSR count). The Bertz CT molecular complexity index is 582. The first-order valence-corrected chi connectivity index (χ1v) is 8.84. The summed E-state index contributed by atoms with van der Waals surface area (Å²) < 4.78 is 32.3. The summed E-state index contributed by atoms with van der Waals surface area (Å²) in [5, 5.41) is 10.1. The highest BCUT2D eigenvalue weighted by Gasteiger charge is 2.33. The Morgan fingerprint density at radius 2 is 2.29 bits per heavy atom. The number of rotatable bonds is 6. The summed E-state index contributed by atoms with van der Waals surface area (Å²) in [5.41, 5.74) is 0.710. The quantitative estimate of drug-likeness (QED) is 0.796. The van der Waals surface area contributed by atoms with Crippen LogP contribution in [0, 0.1) is 0 Å². The molecule has 0 amide bonds. The Labute approximate surface area is 125 Å². The summed E-state index contributed by atoms with van der Waals surface area (Å²) in [6, 6.07) is 0.531. The molecule has 0 radical (unpaired) electrons. The van der Waals surface area contributed by atoms with E-state index in [-0.39, 0.29) is 11.1 Å². The molecule has 8 heteroatoms. The van der Waals surface area contributed by atoms with Crippen molar-refractivity contribution in [1.82, 2.24) is 19.8 Å². The number of nitrogens with one attached hydrogen (secondary N) is 2. The first kappa shape index (κ1) is 15.0. The van der Waals surface area contributed by atoms with Gasteiger partial charge in [-0.25, -0.2) is 8.42 Å². The largest absolute Gasteiger partial charge is 0.380 e. The summed E-state index contributed by atoms with van der Waals surface area (Å²) in [5.74, 6) is 0. The van der Waals surface area contributed by atoms with Crippen molar-refractivity contribution < 1.29 is 13.2 Å². The molecule has 21 heavy (non-hydrogen) atoms. The van der Waals surface area contributed by atoms with Crippen LogP contribution in [0.1, 0.15) is 31.2 Å². The first-order valence-electron chi connectivity index (χ1n) is 7.40. The van der Waals surface area contributed by atoms with E-state index >= 15 is 0 Å². The van der Waals surface area contributed by atoms with Gasteiger partial charge in [-0.15, -0.1) is 0 Å². The van der Waals surface area contributed by atoms with Gasteiger partial charge in [0.2, 0.25) is 0 Å². The van der Waals surface area contributed by atoms with Crippen molar-refractivity contribution in [3.05, 3.63) is 11.8 Å². The molecular formula is C13H22N4O3S. The number of ether oxygens (including phenoxy) is 1. The standard InChI is InChI=1S/C13H22N4O3S/c1-20-12-3-2-6-17(9-12)21(18,19)13-10(8-15-16-13)7-14-11-4-5-11/h8,11-12,14H,2-7,9H2,1H3,(H,15,16). The van der Waals surface area contributed by atoms with E-state index in [0.717, 1.165) is 12.8 Å². The normalized spacial score (nSPS) is 24.3. The molecule has 7 nitrogen and oxygen atoms in total. The van der Waals surface area contributed by atoms with Crippen molar-refractivity contribution in [2.75, 3.05) is 20.2 Å². The number of hydrogen-bond donors (Lipinski definition) is 2. The second-order valence-electron chi connectivity index (χ2n) is 5.74. The number of methoxy groups -OCH3 is 1. The summed E-state index contributed by atoms with van der Waals surface area (Å²) in [7, 11) is -1.90. The monoisotopic (exact) mass is 314 g/mol. The average molecular weight is 314 g/mol. The zero-order valence-corrected chi connectivity index (χ0v) is 13.0. The lowest BCUT2D eigenvalue weighted by Gasteiger charge is -2.30. The van der Waals surface area contributed by atoms with Crippen LogP contribution in [-0.4, -0.2) is 55.3 Å². The van der Waals surface area contributed by atoms with Gasteiger partial charge in [0.25, 0.3) is 10.0 Å². The Morgan fingerprint density at radius 1 is 1.48 bits per heavy atom. The fourth-order valence-electron chi connectivity index (χ4n) is 2.64. The zero-order chi connectivity index (χ0) is 14.9. The molecule has 0 spiro atoms. The topological polar surface area (TPSA) is 87.3 Å². The van der Waals surface area contributed by atoms with E-state index in [0.29, 0.717) is 31.2 Å². The van der Waals surface area contributed by atoms with Crippen LogP contribution in [0.25, 0.3) is 0 Å². The van der Waals surface area contributed by atoms with Gasteiger partial charge in [0.05, 0.1) is 12.3 Å². The highest BCUT2D eigenvalue weighted by Crippen LogP contribution is 2.24. The van der Waals surface area contributed by atoms with Gasteiger partial charge in [0, 0.05) is 38.3 Å². The molecular weight excluding hydrogens is 292 g/mol. The third kappa shape index (κ3) is 3.28. The van der Waals surface area contributed by atoms with Crippen molar-refractivity contribution in [1.29, 1.82) is 0 Å². The maximum absolute atomic E-state index is 12.8. The minimum atomic E-state index is -3.52. The van der Waals surface area contributed by atoms with Gasteiger partial charge in [0.15, 0.2) is 5.03 Å². The number of piperidine rings is 1. The Kier molecular flexibility index (Phi) is 4.30. The molecule has 0 aromatic carbocycles. The minimum absolute atomic E-state index is 0.0236. The van der Waals surface area contributed by atoms with Crippen LogP contribution in [0.2, 0.25) is 0 Å². The van der Waals surface area contributed by atoms with Crippen LogP contribution in [0.3, 0.4) is 0 Å². The van der Waals surface area contributed by atoms with Gasteiger partial charge >= 0.3 is 0 Å². The molecule has 1 aliphatic carbocycles. The van der Waals surface area contributed by atoms with E-state index < -0.39 is 10.0 Å². The number of aromatic nitrogens is 2. The molecule has 118 valence electrons. The molecule has 1 aliphatic heterocycles. The SMILES string of the molecule is COC1CCCN(S(=O)(=O)c2[nH]ncc2CNC2CC2)C1. The molecule has 0 bridgehead atoms. The number of aromatic amines is 1. The van der Waals surface area contributed by atoms with Gasteiger partial charge in [-0.05, 0) is 25.7 Å². The molecule has 2 N–H and O–H groups in total. The number of sulfonamides is 1. The van der Waals surface area contributed by atoms with Gasteiger partial charge in [-0.1, -0.05) is 0 Å². The summed E-state index contributed by atoms with van der Waals surface area (Å²) in [6.45, 7) is 1.49. The summed E-state index contributed by atoms with van der Waals surface area (Å²) >= 11 is 0. The summed E-state index contributed by atoms with van der Waals surface area (Å²) in [6.07, 6.45) is 5.64. The van der Waals surface area contributed by atoms with E-state index in [2.05, 4.69) is 15.5 Å². The van der Waals surface area contributed by atoms with E-state index in [1.807, 2.05) is 0 Å². The van der Waals surface area contributed by atoms with Crippen LogP contribution in [0.5, 0.6) is 0 Å². The van der Waals surface area contributed by atoms with Crippen LogP contribution >= 0.6 is 0 Å². The molecule has 1 aromatic rings. The molecule has 1 aromatic heterocycles. The fraction of sp³-hybridized carbons (Fsp3) is 0.769. The maximum atomic E-state index is 12.8. The van der Waals surface area contributed by atoms with E-state index in [1.165, 1.54) is 17.1 Å². The molecule has 1 unspecified atom stereocenters.